The van der Waals surface area contributed by atoms with Gasteiger partial charge in [-0.15, -0.1) is 11.3 Å². The summed E-state index contributed by atoms with van der Waals surface area (Å²) in [7, 11) is 0. The van der Waals surface area contributed by atoms with Crippen LogP contribution in [0, 0.1) is 5.82 Å². The number of piperazine rings is 1. The van der Waals surface area contributed by atoms with Gasteiger partial charge in [0.1, 0.15) is 16.5 Å². The number of H-pyrrole nitrogens is 1. The zero-order valence-electron chi connectivity index (χ0n) is 16.1. The number of nitrogens with one attached hydrogen (secondary N) is 1. The van der Waals surface area contributed by atoms with Gasteiger partial charge in [-0.1, -0.05) is 12.1 Å². The fraction of sp³-hybridized carbons (Fsp3) is 0.238. The van der Waals surface area contributed by atoms with Crippen molar-refractivity contribution in [1.29, 1.82) is 0 Å². The van der Waals surface area contributed by atoms with Crippen molar-refractivity contribution in [3.05, 3.63) is 70.1 Å². The molecule has 4 aromatic rings. The van der Waals surface area contributed by atoms with E-state index in [1.54, 1.807) is 24.5 Å². The molecule has 1 aliphatic rings. The van der Waals surface area contributed by atoms with Gasteiger partial charge in [-0.05, 0) is 23.8 Å². The molecule has 0 spiro atoms. The largest absolute Gasteiger partial charge is 0.338 e. The average molecular weight is 422 g/mol. The second-order valence-corrected chi connectivity index (χ2v) is 8.02. The molecule has 0 radical (unpaired) electrons. The lowest BCUT2D eigenvalue weighted by molar-refractivity contribution is 0.243. The highest BCUT2D eigenvalue weighted by atomic mass is 32.1. The van der Waals surface area contributed by atoms with Crippen LogP contribution in [0.15, 0.2) is 52.9 Å². The Kier molecular flexibility index (Phi) is 4.97. The number of anilines is 1. The van der Waals surface area contributed by atoms with E-state index >= 15 is 0 Å². The van der Waals surface area contributed by atoms with Crippen LogP contribution in [0.3, 0.4) is 0 Å². The van der Waals surface area contributed by atoms with Gasteiger partial charge in [0.2, 0.25) is 5.95 Å². The van der Waals surface area contributed by atoms with E-state index in [1.807, 2.05) is 11.4 Å². The molecule has 1 N–H and O–H groups in total. The normalized spacial score (nSPS) is 15.0. The monoisotopic (exact) mass is 422 g/mol. The van der Waals surface area contributed by atoms with E-state index in [4.69, 9.17) is 0 Å². The third-order valence-electron chi connectivity index (χ3n) is 5.23. The quantitative estimate of drug-likeness (QED) is 0.545. The number of halogens is 1. The highest BCUT2D eigenvalue weighted by molar-refractivity contribution is 7.17. The molecule has 30 heavy (non-hydrogen) atoms. The minimum Gasteiger partial charge on any atom is -0.338 e. The predicted octanol–water partition coefficient (Wildman–Crippen LogP) is 2.90. The van der Waals surface area contributed by atoms with E-state index in [1.165, 1.54) is 23.5 Å². The van der Waals surface area contributed by atoms with Crippen molar-refractivity contribution in [2.75, 3.05) is 31.1 Å². The summed E-state index contributed by atoms with van der Waals surface area (Å²) in [6.45, 7) is 3.91. The molecule has 0 aliphatic carbocycles. The van der Waals surface area contributed by atoms with Crippen LogP contribution in [0.4, 0.5) is 10.3 Å². The molecule has 1 aliphatic heterocycles. The van der Waals surface area contributed by atoms with Gasteiger partial charge in [0, 0.05) is 49.5 Å². The van der Waals surface area contributed by atoms with Crippen LogP contribution in [-0.2, 0) is 6.54 Å². The van der Waals surface area contributed by atoms with Crippen molar-refractivity contribution >= 4 is 27.5 Å². The Morgan fingerprint density at radius 2 is 1.80 bits per heavy atom. The van der Waals surface area contributed by atoms with E-state index in [2.05, 4.69) is 29.7 Å². The summed E-state index contributed by atoms with van der Waals surface area (Å²) < 4.78 is 13.2. The maximum Gasteiger partial charge on any atom is 0.260 e. The summed E-state index contributed by atoms with van der Waals surface area (Å²) in [5.74, 6) is 1.10. The maximum absolute atomic E-state index is 13.2. The number of fused-ring (bicyclic) bond motifs is 1. The van der Waals surface area contributed by atoms with Crippen molar-refractivity contribution < 1.29 is 4.39 Å². The van der Waals surface area contributed by atoms with Crippen LogP contribution in [0.1, 0.15) is 5.82 Å². The first-order valence-corrected chi connectivity index (χ1v) is 10.6. The van der Waals surface area contributed by atoms with Crippen LogP contribution in [0.25, 0.3) is 21.3 Å². The second kappa shape index (κ2) is 7.92. The summed E-state index contributed by atoms with van der Waals surface area (Å²) in [4.78, 5) is 34.1. The Morgan fingerprint density at radius 1 is 1.07 bits per heavy atom. The first-order chi connectivity index (χ1) is 14.7. The van der Waals surface area contributed by atoms with Gasteiger partial charge in [0.25, 0.3) is 5.56 Å². The standard InChI is InChI=1S/C21H19FN6OS/c22-15-4-2-14(3-5-15)16-13-30-20-18(16)19(29)25-17(26-20)12-27-8-10-28(11-9-27)21-23-6-1-7-24-21/h1-7,13H,8-12H2,(H,25,26,29). The Morgan fingerprint density at radius 3 is 2.53 bits per heavy atom. The number of hydrogen-bond acceptors (Lipinski definition) is 7. The van der Waals surface area contributed by atoms with E-state index < -0.39 is 0 Å². The van der Waals surface area contributed by atoms with Crippen molar-refractivity contribution in [2.45, 2.75) is 6.54 Å². The van der Waals surface area contributed by atoms with Crippen molar-refractivity contribution in [2.24, 2.45) is 0 Å². The molecule has 7 nitrogen and oxygen atoms in total. The van der Waals surface area contributed by atoms with Crippen LogP contribution in [0.5, 0.6) is 0 Å². The Labute approximate surface area is 175 Å². The van der Waals surface area contributed by atoms with Gasteiger partial charge in [-0.25, -0.2) is 19.3 Å². The molecule has 5 rings (SSSR count). The average Bonchev–Trinajstić information content (AvgIpc) is 3.20. The lowest BCUT2D eigenvalue weighted by Gasteiger charge is -2.34. The summed E-state index contributed by atoms with van der Waals surface area (Å²) in [6.07, 6.45) is 3.50. The number of rotatable bonds is 4. The Balaban J connectivity index is 1.33. The summed E-state index contributed by atoms with van der Waals surface area (Å²) in [6, 6.07) is 7.97. The third-order valence-corrected chi connectivity index (χ3v) is 6.10. The summed E-state index contributed by atoms with van der Waals surface area (Å²) in [5, 5.41) is 2.46. The molecule has 1 aromatic carbocycles. The topological polar surface area (TPSA) is 78.0 Å². The van der Waals surface area contributed by atoms with Gasteiger partial charge in [0.05, 0.1) is 11.9 Å². The number of nitrogens with zero attached hydrogens (tertiary/aromatic N) is 5. The van der Waals surface area contributed by atoms with Gasteiger partial charge in [-0.2, -0.15) is 0 Å². The van der Waals surface area contributed by atoms with Crippen LogP contribution in [-0.4, -0.2) is 51.0 Å². The van der Waals surface area contributed by atoms with Crippen LogP contribution >= 0.6 is 11.3 Å². The molecule has 0 saturated carbocycles. The predicted molar refractivity (Wildman–Crippen MR) is 115 cm³/mol. The van der Waals surface area contributed by atoms with E-state index in [0.29, 0.717) is 22.6 Å². The fourth-order valence-corrected chi connectivity index (χ4v) is 4.65. The van der Waals surface area contributed by atoms with E-state index in [9.17, 15) is 9.18 Å². The SMILES string of the molecule is O=c1[nH]c(CN2CCN(c3ncccn3)CC2)nc2scc(-c3ccc(F)cc3)c12. The van der Waals surface area contributed by atoms with E-state index in [-0.39, 0.29) is 11.4 Å². The molecule has 0 amide bonds. The van der Waals surface area contributed by atoms with E-state index in [0.717, 1.165) is 43.3 Å². The first-order valence-electron chi connectivity index (χ1n) is 9.68. The van der Waals surface area contributed by atoms with Gasteiger partial charge in [0.15, 0.2) is 0 Å². The summed E-state index contributed by atoms with van der Waals surface area (Å²) in [5.41, 5.74) is 1.43. The maximum atomic E-state index is 13.2. The fourth-order valence-electron chi connectivity index (χ4n) is 3.68. The molecule has 1 fully saturated rings. The molecular formula is C21H19FN6OS. The highest BCUT2D eigenvalue weighted by Crippen LogP contribution is 2.30. The van der Waals surface area contributed by atoms with Crippen molar-refractivity contribution in [1.82, 2.24) is 24.8 Å². The van der Waals surface area contributed by atoms with Crippen LogP contribution < -0.4 is 10.5 Å². The van der Waals surface area contributed by atoms with Crippen molar-refractivity contribution in [3.8, 4) is 11.1 Å². The molecule has 3 aromatic heterocycles. The number of aromatic nitrogens is 4. The Bertz CT molecular complexity index is 1220. The minimum atomic E-state index is -0.300. The van der Waals surface area contributed by atoms with Gasteiger partial charge in [-0.3, -0.25) is 9.69 Å². The van der Waals surface area contributed by atoms with Crippen LogP contribution in [0.2, 0.25) is 0 Å². The lowest BCUT2D eigenvalue weighted by atomic mass is 10.1. The zero-order valence-corrected chi connectivity index (χ0v) is 16.9. The third kappa shape index (κ3) is 3.69. The Hall–Kier alpha value is -3.17. The molecule has 152 valence electrons. The number of aromatic amines is 1. The molecule has 9 heteroatoms. The molecule has 0 bridgehead atoms. The number of hydrogen-bond donors (Lipinski definition) is 1. The van der Waals surface area contributed by atoms with Gasteiger partial charge < -0.3 is 9.88 Å². The zero-order chi connectivity index (χ0) is 20.5. The van der Waals surface area contributed by atoms with Gasteiger partial charge >= 0.3 is 0 Å². The summed E-state index contributed by atoms with van der Waals surface area (Å²) >= 11 is 1.43. The second-order valence-electron chi connectivity index (χ2n) is 7.16. The molecular weight excluding hydrogens is 403 g/mol. The van der Waals surface area contributed by atoms with Crippen molar-refractivity contribution in [3.63, 3.8) is 0 Å². The lowest BCUT2D eigenvalue weighted by Crippen LogP contribution is -2.46. The molecule has 4 heterocycles. The molecule has 0 atom stereocenters. The number of thiophene rings is 1. The number of benzene rings is 1. The minimum absolute atomic E-state index is 0.160. The first kappa shape index (κ1) is 18.8. The highest BCUT2D eigenvalue weighted by Gasteiger charge is 2.20. The smallest absolute Gasteiger partial charge is 0.260 e. The molecule has 1 saturated heterocycles. The molecule has 0 unspecified atom stereocenters.